The Morgan fingerprint density at radius 2 is 2.11 bits per heavy atom. The quantitative estimate of drug-likeness (QED) is 0.811. The molecule has 2 atom stereocenters. The maximum Gasteiger partial charge on any atom is 0.271 e. The largest absolute Gasteiger partial charge is 0.271 e. The third-order valence-corrected chi connectivity index (χ3v) is 4.58. The molecule has 3 nitrogen and oxygen atoms in total. The van der Waals surface area contributed by atoms with Gasteiger partial charge in [-0.15, -0.1) is 0 Å². The van der Waals surface area contributed by atoms with Crippen LogP contribution in [-0.2, 0) is 0 Å². The number of hydrogen-bond acceptors (Lipinski definition) is 2. The first-order valence-electron chi connectivity index (χ1n) is 7.07. The summed E-state index contributed by atoms with van der Waals surface area (Å²) in [5.74, 6) is 1.35. The van der Waals surface area contributed by atoms with Crippen molar-refractivity contribution in [1.29, 1.82) is 0 Å². The lowest BCUT2D eigenvalue weighted by atomic mass is 9.99. The van der Waals surface area contributed by atoms with Crippen LogP contribution >= 0.6 is 0 Å². The van der Waals surface area contributed by atoms with Gasteiger partial charge in [0.2, 0.25) is 0 Å². The highest BCUT2D eigenvalue weighted by Crippen LogP contribution is 2.42. The normalized spacial score (nSPS) is 26.9. The first-order valence-corrected chi connectivity index (χ1v) is 7.07. The lowest BCUT2D eigenvalue weighted by Crippen LogP contribution is -2.22. The molecule has 2 aliphatic carbocycles. The summed E-state index contributed by atoms with van der Waals surface area (Å²) in [6.45, 7) is 4.07. The highest BCUT2D eigenvalue weighted by molar-refractivity contribution is 5.96. The molecule has 19 heavy (non-hydrogen) atoms. The van der Waals surface area contributed by atoms with Crippen molar-refractivity contribution in [3.05, 3.63) is 34.9 Å². The van der Waals surface area contributed by atoms with E-state index in [-0.39, 0.29) is 5.91 Å². The van der Waals surface area contributed by atoms with Crippen LogP contribution in [0.25, 0.3) is 0 Å². The van der Waals surface area contributed by atoms with E-state index in [2.05, 4.69) is 10.5 Å². The molecular formula is C16H20N2O. The molecule has 2 aliphatic rings. The maximum absolute atomic E-state index is 12.1. The van der Waals surface area contributed by atoms with Crippen molar-refractivity contribution in [2.75, 3.05) is 0 Å². The molecule has 0 radical (unpaired) electrons. The first kappa shape index (κ1) is 12.4. The van der Waals surface area contributed by atoms with Crippen molar-refractivity contribution in [3.8, 4) is 0 Å². The molecule has 0 unspecified atom stereocenters. The zero-order valence-electron chi connectivity index (χ0n) is 11.6. The van der Waals surface area contributed by atoms with Gasteiger partial charge in [0.05, 0.1) is 0 Å². The summed E-state index contributed by atoms with van der Waals surface area (Å²) in [4.78, 5) is 12.1. The van der Waals surface area contributed by atoms with Crippen LogP contribution in [0.4, 0.5) is 0 Å². The summed E-state index contributed by atoms with van der Waals surface area (Å²) in [5, 5.41) is 4.35. The van der Waals surface area contributed by atoms with Crippen LogP contribution in [0.15, 0.2) is 23.3 Å². The van der Waals surface area contributed by atoms with E-state index in [1.165, 1.54) is 30.5 Å². The first-order chi connectivity index (χ1) is 9.13. The topological polar surface area (TPSA) is 41.5 Å². The molecule has 3 rings (SSSR count). The molecule has 2 saturated carbocycles. The molecule has 3 heteroatoms. The smallest absolute Gasteiger partial charge is 0.267 e. The molecule has 1 aromatic carbocycles. The van der Waals surface area contributed by atoms with Crippen LogP contribution in [0.3, 0.4) is 0 Å². The number of carbonyl (C=O) groups is 1. The summed E-state index contributed by atoms with van der Waals surface area (Å²) in [5.41, 5.74) is 6.96. The number of nitrogens with zero attached hydrogens (tertiary/aromatic N) is 1. The molecule has 1 N–H and O–H groups in total. The second-order valence-corrected chi connectivity index (χ2v) is 5.92. The van der Waals surface area contributed by atoms with Gasteiger partial charge in [0.1, 0.15) is 0 Å². The number of amides is 1. The number of aryl methyl sites for hydroxylation is 2. The van der Waals surface area contributed by atoms with Gasteiger partial charge in [-0.05, 0) is 74.6 Å². The third kappa shape index (κ3) is 2.42. The second kappa shape index (κ2) is 4.80. The van der Waals surface area contributed by atoms with Crippen LogP contribution in [0, 0.1) is 25.7 Å². The van der Waals surface area contributed by atoms with Crippen molar-refractivity contribution >= 4 is 11.6 Å². The van der Waals surface area contributed by atoms with Gasteiger partial charge in [0, 0.05) is 11.3 Å². The Bertz CT molecular complexity index is 548. The van der Waals surface area contributed by atoms with Crippen LogP contribution < -0.4 is 5.43 Å². The number of rotatable bonds is 2. The Kier molecular flexibility index (Phi) is 3.13. The number of benzene rings is 1. The molecule has 100 valence electrons. The monoisotopic (exact) mass is 256 g/mol. The van der Waals surface area contributed by atoms with E-state index >= 15 is 0 Å². The molecule has 0 spiro atoms. The highest BCUT2D eigenvalue weighted by Gasteiger charge is 2.36. The fraction of sp³-hybridized carbons (Fsp3) is 0.500. The SMILES string of the molecule is Cc1ccc(C(=O)N/N=C2\C[C@@H]3CC[C@@H]2C3)cc1C. The number of nitrogens with one attached hydrogen (secondary N) is 1. The zero-order chi connectivity index (χ0) is 13.4. The van der Waals surface area contributed by atoms with Gasteiger partial charge in [0.15, 0.2) is 0 Å². The molecule has 1 aromatic rings. The standard InChI is InChI=1S/C16H20N2O/c1-10-3-5-14(7-11(10)2)16(19)18-17-15-9-12-4-6-13(15)8-12/h3,5,7,12-13H,4,6,8-9H2,1-2H3,(H,18,19)/b17-15+/t12-,13-/m1/s1. The van der Waals surface area contributed by atoms with Crippen molar-refractivity contribution < 1.29 is 4.79 Å². The second-order valence-electron chi connectivity index (χ2n) is 5.92. The summed E-state index contributed by atoms with van der Waals surface area (Å²) < 4.78 is 0. The minimum absolute atomic E-state index is 0.0987. The van der Waals surface area contributed by atoms with E-state index < -0.39 is 0 Å². The Balaban J connectivity index is 1.68. The molecule has 0 aliphatic heterocycles. The molecule has 2 fully saturated rings. The average Bonchev–Trinajstić information content (AvgIpc) is 3.01. The third-order valence-electron chi connectivity index (χ3n) is 4.58. The van der Waals surface area contributed by atoms with E-state index in [1.54, 1.807) is 0 Å². The van der Waals surface area contributed by atoms with Crippen molar-refractivity contribution in [2.24, 2.45) is 16.9 Å². The lowest BCUT2D eigenvalue weighted by molar-refractivity contribution is 0.0954. The van der Waals surface area contributed by atoms with E-state index in [0.29, 0.717) is 11.5 Å². The molecule has 0 aromatic heterocycles. The maximum atomic E-state index is 12.1. The highest BCUT2D eigenvalue weighted by atomic mass is 16.2. The lowest BCUT2D eigenvalue weighted by Gasteiger charge is -2.11. The summed E-state index contributed by atoms with van der Waals surface area (Å²) >= 11 is 0. The number of carbonyl (C=O) groups excluding carboxylic acids is 1. The van der Waals surface area contributed by atoms with Gasteiger partial charge in [-0.2, -0.15) is 5.10 Å². The fourth-order valence-corrected chi connectivity index (χ4v) is 3.23. The number of hydrazone groups is 1. The van der Waals surface area contributed by atoms with Gasteiger partial charge in [-0.1, -0.05) is 6.07 Å². The van der Waals surface area contributed by atoms with E-state index in [4.69, 9.17) is 0 Å². The van der Waals surface area contributed by atoms with Crippen LogP contribution in [-0.4, -0.2) is 11.6 Å². The van der Waals surface area contributed by atoms with Crippen LogP contribution in [0.1, 0.15) is 47.2 Å². The summed E-state index contributed by atoms with van der Waals surface area (Å²) in [6.07, 6.45) is 4.95. The van der Waals surface area contributed by atoms with Gasteiger partial charge >= 0.3 is 0 Å². The fourth-order valence-electron chi connectivity index (χ4n) is 3.23. The molecular weight excluding hydrogens is 236 g/mol. The van der Waals surface area contributed by atoms with Crippen molar-refractivity contribution in [3.63, 3.8) is 0 Å². The minimum Gasteiger partial charge on any atom is -0.267 e. The van der Waals surface area contributed by atoms with E-state index in [0.717, 1.165) is 17.9 Å². The number of fused-ring (bicyclic) bond motifs is 2. The number of hydrogen-bond donors (Lipinski definition) is 1. The van der Waals surface area contributed by atoms with Crippen LogP contribution in [0.2, 0.25) is 0 Å². The van der Waals surface area contributed by atoms with Gasteiger partial charge in [-0.3, -0.25) is 4.79 Å². The Labute approximate surface area is 114 Å². The summed E-state index contributed by atoms with van der Waals surface area (Å²) in [7, 11) is 0. The average molecular weight is 256 g/mol. The predicted octanol–water partition coefficient (Wildman–Crippen LogP) is 3.21. The molecule has 0 heterocycles. The molecule has 1 amide bonds. The van der Waals surface area contributed by atoms with E-state index in [1.807, 2.05) is 32.0 Å². The zero-order valence-corrected chi connectivity index (χ0v) is 11.6. The summed E-state index contributed by atoms with van der Waals surface area (Å²) in [6, 6.07) is 5.76. The minimum atomic E-state index is -0.0987. The Hall–Kier alpha value is -1.64. The Morgan fingerprint density at radius 3 is 2.74 bits per heavy atom. The van der Waals surface area contributed by atoms with Crippen molar-refractivity contribution in [2.45, 2.75) is 39.5 Å². The molecule has 2 bridgehead atoms. The van der Waals surface area contributed by atoms with Gasteiger partial charge in [0.25, 0.3) is 5.91 Å². The predicted molar refractivity (Wildman–Crippen MR) is 76.3 cm³/mol. The Morgan fingerprint density at radius 1 is 1.26 bits per heavy atom. The van der Waals surface area contributed by atoms with Gasteiger partial charge in [-0.25, -0.2) is 5.43 Å². The van der Waals surface area contributed by atoms with E-state index in [9.17, 15) is 4.79 Å². The molecule has 0 saturated heterocycles. The van der Waals surface area contributed by atoms with Crippen LogP contribution in [0.5, 0.6) is 0 Å². The van der Waals surface area contributed by atoms with Gasteiger partial charge < -0.3 is 0 Å². The van der Waals surface area contributed by atoms with Crippen molar-refractivity contribution in [1.82, 2.24) is 5.43 Å².